The molecule has 1 aromatic rings. The Balaban J connectivity index is 1.95. The van der Waals surface area contributed by atoms with Crippen LogP contribution in [0.2, 0.25) is 5.02 Å². The number of aliphatic hydroxyl groups is 1. The second-order valence-corrected chi connectivity index (χ2v) is 6.31. The van der Waals surface area contributed by atoms with E-state index in [0.29, 0.717) is 11.6 Å². The van der Waals surface area contributed by atoms with Gasteiger partial charge in [-0.25, -0.2) is 4.39 Å². The molecule has 1 aromatic carbocycles. The van der Waals surface area contributed by atoms with Crippen LogP contribution in [0.15, 0.2) is 18.2 Å². The van der Waals surface area contributed by atoms with E-state index in [1.165, 1.54) is 25.0 Å². The lowest BCUT2D eigenvalue weighted by Gasteiger charge is -2.29. The molecule has 1 atom stereocenters. The molecule has 0 aromatic heterocycles. The van der Waals surface area contributed by atoms with Crippen LogP contribution in [0.5, 0.6) is 0 Å². The van der Waals surface area contributed by atoms with Crippen LogP contribution in [0.25, 0.3) is 0 Å². The molecule has 0 aliphatic heterocycles. The van der Waals surface area contributed by atoms with E-state index in [0.717, 1.165) is 31.2 Å². The zero-order valence-corrected chi connectivity index (χ0v) is 12.7. The fraction of sp³-hybridized carbons (Fsp3) is 0.625. The molecule has 0 amide bonds. The van der Waals surface area contributed by atoms with Gasteiger partial charge in [0.15, 0.2) is 0 Å². The zero-order chi connectivity index (χ0) is 14.6. The normalized spacial score (nSPS) is 20.4. The Kier molecular flexibility index (Phi) is 5.42. The molecule has 20 heavy (non-hydrogen) atoms. The van der Waals surface area contributed by atoms with Gasteiger partial charge in [0.2, 0.25) is 0 Å². The van der Waals surface area contributed by atoms with Gasteiger partial charge in [0.25, 0.3) is 0 Å². The fourth-order valence-electron chi connectivity index (χ4n) is 2.87. The monoisotopic (exact) mass is 299 g/mol. The van der Waals surface area contributed by atoms with Crippen molar-refractivity contribution < 1.29 is 9.50 Å². The Labute approximate surface area is 125 Å². The summed E-state index contributed by atoms with van der Waals surface area (Å²) < 4.78 is 13.0. The molecule has 112 valence electrons. The lowest BCUT2D eigenvalue weighted by Crippen LogP contribution is -2.41. The Bertz CT molecular complexity index is 444. The van der Waals surface area contributed by atoms with Crippen molar-refractivity contribution >= 4 is 11.6 Å². The van der Waals surface area contributed by atoms with Gasteiger partial charge in [0, 0.05) is 17.6 Å². The summed E-state index contributed by atoms with van der Waals surface area (Å²) in [5.74, 6) is -0.326. The van der Waals surface area contributed by atoms with Gasteiger partial charge < -0.3 is 10.4 Å². The number of halogens is 2. The molecule has 2 N–H and O–H groups in total. The molecular weight excluding hydrogens is 277 g/mol. The van der Waals surface area contributed by atoms with Crippen LogP contribution in [-0.4, -0.2) is 17.3 Å². The van der Waals surface area contributed by atoms with E-state index in [-0.39, 0.29) is 11.9 Å². The van der Waals surface area contributed by atoms with Gasteiger partial charge in [-0.05, 0) is 37.5 Å². The second-order valence-electron chi connectivity index (χ2n) is 5.91. The first kappa shape index (κ1) is 15.7. The highest BCUT2D eigenvalue weighted by molar-refractivity contribution is 6.31. The lowest BCUT2D eigenvalue weighted by molar-refractivity contribution is 0.0231. The molecule has 1 fully saturated rings. The Hall–Kier alpha value is -0.640. The van der Waals surface area contributed by atoms with Crippen LogP contribution in [0.4, 0.5) is 4.39 Å². The van der Waals surface area contributed by atoms with Gasteiger partial charge in [-0.3, -0.25) is 0 Å². The maximum Gasteiger partial charge on any atom is 0.124 e. The van der Waals surface area contributed by atoms with Crippen molar-refractivity contribution in [3.05, 3.63) is 34.6 Å². The van der Waals surface area contributed by atoms with Crippen LogP contribution in [-0.2, 0) is 0 Å². The average molecular weight is 300 g/mol. The molecule has 1 aliphatic rings. The van der Waals surface area contributed by atoms with Gasteiger partial charge in [-0.2, -0.15) is 0 Å². The van der Waals surface area contributed by atoms with E-state index in [9.17, 15) is 9.50 Å². The molecule has 0 spiro atoms. The van der Waals surface area contributed by atoms with E-state index < -0.39 is 5.60 Å². The van der Waals surface area contributed by atoms with Crippen LogP contribution in [0.1, 0.15) is 57.1 Å². The van der Waals surface area contributed by atoms with E-state index in [1.54, 1.807) is 6.07 Å². The molecule has 0 radical (unpaired) electrons. The van der Waals surface area contributed by atoms with E-state index in [2.05, 4.69) is 5.32 Å². The Morgan fingerprint density at radius 2 is 1.95 bits per heavy atom. The minimum absolute atomic E-state index is 0.00428. The second kappa shape index (κ2) is 6.88. The molecule has 0 saturated heterocycles. The largest absolute Gasteiger partial charge is 0.389 e. The molecule has 0 heterocycles. The molecular formula is C16H23ClFNO. The maximum absolute atomic E-state index is 13.0. The zero-order valence-electron chi connectivity index (χ0n) is 12.0. The van der Waals surface area contributed by atoms with Crippen LogP contribution in [0, 0.1) is 5.82 Å². The highest BCUT2D eigenvalue weighted by Crippen LogP contribution is 2.28. The minimum Gasteiger partial charge on any atom is -0.389 e. The first-order valence-electron chi connectivity index (χ1n) is 7.41. The van der Waals surface area contributed by atoms with Crippen molar-refractivity contribution in [3.63, 3.8) is 0 Å². The van der Waals surface area contributed by atoms with Crippen molar-refractivity contribution in [2.45, 2.75) is 57.1 Å². The maximum atomic E-state index is 13.0. The van der Waals surface area contributed by atoms with Gasteiger partial charge >= 0.3 is 0 Å². The van der Waals surface area contributed by atoms with Crippen LogP contribution < -0.4 is 5.32 Å². The van der Waals surface area contributed by atoms with Crippen LogP contribution >= 0.6 is 11.6 Å². The number of hydrogen-bond donors (Lipinski definition) is 2. The summed E-state index contributed by atoms with van der Waals surface area (Å²) in [6.45, 7) is 2.54. The van der Waals surface area contributed by atoms with Gasteiger partial charge in [0.1, 0.15) is 5.82 Å². The van der Waals surface area contributed by atoms with Crippen molar-refractivity contribution in [2.24, 2.45) is 0 Å². The summed E-state index contributed by atoms with van der Waals surface area (Å²) in [7, 11) is 0. The molecule has 1 aliphatic carbocycles. The first-order chi connectivity index (χ1) is 9.50. The topological polar surface area (TPSA) is 32.3 Å². The number of nitrogens with one attached hydrogen (secondary N) is 1. The number of hydrogen-bond acceptors (Lipinski definition) is 2. The summed E-state index contributed by atoms with van der Waals surface area (Å²) in [4.78, 5) is 0. The molecule has 2 nitrogen and oxygen atoms in total. The third-order valence-corrected chi connectivity index (χ3v) is 4.53. The van der Waals surface area contributed by atoms with E-state index in [4.69, 9.17) is 11.6 Å². The lowest BCUT2D eigenvalue weighted by atomic mass is 9.94. The van der Waals surface area contributed by atoms with Crippen molar-refractivity contribution in [2.75, 3.05) is 6.54 Å². The SMILES string of the molecule is CC(NCC1(O)CCCCCC1)c1ccc(F)cc1Cl. The smallest absolute Gasteiger partial charge is 0.124 e. The van der Waals surface area contributed by atoms with Crippen molar-refractivity contribution in [3.8, 4) is 0 Å². The third kappa shape index (κ3) is 4.18. The van der Waals surface area contributed by atoms with Crippen molar-refractivity contribution in [1.29, 1.82) is 0 Å². The summed E-state index contributed by atoms with van der Waals surface area (Å²) in [5.41, 5.74) is 0.252. The molecule has 4 heteroatoms. The third-order valence-electron chi connectivity index (χ3n) is 4.20. The molecule has 1 saturated carbocycles. The Morgan fingerprint density at radius 3 is 2.55 bits per heavy atom. The van der Waals surface area contributed by atoms with E-state index >= 15 is 0 Å². The van der Waals surface area contributed by atoms with Crippen molar-refractivity contribution in [1.82, 2.24) is 5.32 Å². The molecule has 1 unspecified atom stereocenters. The number of benzene rings is 1. The summed E-state index contributed by atoms with van der Waals surface area (Å²) in [6, 6.07) is 4.44. The quantitative estimate of drug-likeness (QED) is 0.816. The Morgan fingerprint density at radius 1 is 1.30 bits per heavy atom. The minimum atomic E-state index is -0.614. The van der Waals surface area contributed by atoms with E-state index in [1.807, 2.05) is 6.92 Å². The standard InChI is InChI=1S/C16H23ClFNO/c1-12(14-7-6-13(18)10-15(14)17)19-11-16(20)8-4-2-3-5-9-16/h6-7,10,12,19-20H,2-5,8-9,11H2,1H3. The van der Waals surface area contributed by atoms with Gasteiger partial charge in [-0.1, -0.05) is 43.4 Å². The summed E-state index contributed by atoms with van der Waals surface area (Å²) in [5, 5.41) is 14.4. The summed E-state index contributed by atoms with van der Waals surface area (Å²) >= 11 is 6.06. The van der Waals surface area contributed by atoms with Gasteiger partial charge in [-0.15, -0.1) is 0 Å². The first-order valence-corrected chi connectivity index (χ1v) is 7.79. The predicted molar refractivity (Wildman–Crippen MR) is 80.5 cm³/mol. The average Bonchev–Trinajstić information content (AvgIpc) is 2.61. The predicted octanol–water partition coefficient (Wildman–Crippen LogP) is 4.22. The highest BCUT2D eigenvalue weighted by atomic mass is 35.5. The van der Waals surface area contributed by atoms with Gasteiger partial charge in [0.05, 0.1) is 5.60 Å². The number of rotatable bonds is 4. The summed E-state index contributed by atoms with van der Waals surface area (Å²) in [6.07, 6.45) is 6.30. The fourth-order valence-corrected chi connectivity index (χ4v) is 3.20. The van der Waals surface area contributed by atoms with Crippen LogP contribution in [0.3, 0.4) is 0 Å². The molecule has 0 bridgehead atoms. The molecule has 2 rings (SSSR count). The highest BCUT2D eigenvalue weighted by Gasteiger charge is 2.28.